The molecule has 4 heterocycles. The van der Waals surface area contributed by atoms with E-state index in [0.717, 1.165) is 24.9 Å². The van der Waals surface area contributed by atoms with Crippen molar-refractivity contribution >= 4 is 0 Å². The Balaban J connectivity index is 1.31. The lowest BCUT2D eigenvalue weighted by molar-refractivity contribution is 0.245. The van der Waals surface area contributed by atoms with Crippen molar-refractivity contribution in [2.24, 2.45) is 11.8 Å². The summed E-state index contributed by atoms with van der Waals surface area (Å²) < 4.78 is 0. The van der Waals surface area contributed by atoms with Crippen LogP contribution in [0.3, 0.4) is 0 Å². The third-order valence-corrected chi connectivity index (χ3v) is 4.90. The van der Waals surface area contributed by atoms with Crippen LogP contribution in [0, 0.1) is 11.8 Å². The first-order valence-corrected chi connectivity index (χ1v) is 8.10. The number of hydrogen-bond acceptors (Lipinski definition) is 4. The van der Waals surface area contributed by atoms with Gasteiger partial charge in [0.25, 0.3) is 0 Å². The van der Waals surface area contributed by atoms with Crippen molar-refractivity contribution in [1.29, 1.82) is 0 Å². The zero-order chi connectivity index (χ0) is 14.8. The van der Waals surface area contributed by atoms with Crippen LogP contribution in [0.15, 0.2) is 48.9 Å². The van der Waals surface area contributed by atoms with Gasteiger partial charge in [-0.1, -0.05) is 6.07 Å². The van der Waals surface area contributed by atoms with E-state index >= 15 is 0 Å². The molecule has 4 rings (SSSR count). The van der Waals surface area contributed by atoms with Crippen molar-refractivity contribution in [1.82, 2.24) is 19.8 Å². The molecule has 114 valence electrons. The van der Waals surface area contributed by atoms with Crippen LogP contribution in [0.2, 0.25) is 0 Å². The van der Waals surface area contributed by atoms with Gasteiger partial charge in [-0.15, -0.1) is 0 Å². The zero-order valence-corrected chi connectivity index (χ0v) is 12.8. The van der Waals surface area contributed by atoms with Gasteiger partial charge in [-0.05, 0) is 41.7 Å². The van der Waals surface area contributed by atoms with Gasteiger partial charge in [0.15, 0.2) is 0 Å². The number of fused-ring (bicyclic) bond motifs is 1. The van der Waals surface area contributed by atoms with Crippen molar-refractivity contribution in [2.45, 2.75) is 13.1 Å². The van der Waals surface area contributed by atoms with E-state index in [0.29, 0.717) is 0 Å². The molecule has 0 unspecified atom stereocenters. The molecule has 0 N–H and O–H groups in total. The summed E-state index contributed by atoms with van der Waals surface area (Å²) in [5.74, 6) is 1.65. The summed E-state index contributed by atoms with van der Waals surface area (Å²) in [6.07, 6.45) is 5.67. The first-order chi connectivity index (χ1) is 10.9. The second-order valence-electron chi connectivity index (χ2n) is 6.58. The molecule has 0 spiro atoms. The van der Waals surface area contributed by atoms with Gasteiger partial charge in [-0.3, -0.25) is 19.8 Å². The van der Waals surface area contributed by atoms with Gasteiger partial charge in [0.1, 0.15) is 0 Å². The van der Waals surface area contributed by atoms with E-state index in [9.17, 15) is 0 Å². The third kappa shape index (κ3) is 3.03. The predicted molar refractivity (Wildman–Crippen MR) is 86.0 cm³/mol. The number of pyridine rings is 2. The maximum atomic E-state index is 4.45. The number of rotatable bonds is 4. The van der Waals surface area contributed by atoms with Crippen LogP contribution < -0.4 is 0 Å². The highest BCUT2D eigenvalue weighted by Gasteiger charge is 2.39. The molecular weight excluding hydrogens is 272 g/mol. The normalized spacial score (nSPS) is 25.5. The fraction of sp³-hybridized carbons (Fsp3) is 0.444. The highest BCUT2D eigenvalue weighted by atomic mass is 15.2. The lowest BCUT2D eigenvalue weighted by Gasteiger charge is -2.21. The summed E-state index contributed by atoms with van der Waals surface area (Å²) in [4.78, 5) is 13.7. The Morgan fingerprint density at radius 3 is 2.14 bits per heavy atom. The lowest BCUT2D eigenvalue weighted by atomic mass is 10.0. The number of hydrogen-bond donors (Lipinski definition) is 0. The first kappa shape index (κ1) is 13.9. The monoisotopic (exact) mass is 294 g/mol. The van der Waals surface area contributed by atoms with E-state index in [1.54, 1.807) is 0 Å². The molecule has 2 saturated heterocycles. The van der Waals surface area contributed by atoms with Crippen LogP contribution >= 0.6 is 0 Å². The second kappa shape index (κ2) is 6.15. The van der Waals surface area contributed by atoms with E-state index in [4.69, 9.17) is 0 Å². The Morgan fingerprint density at radius 2 is 1.50 bits per heavy atom. The molecule has 2 fully saturated rings. The fourth-order valence-electron chi connectivity index (χ4n) is 3.91. The van der Waals surface area contributed by atoms with Crippen molar-refractivity contribution in [3.63, 3.8) is 0 Å². The maximum absolute atomic E-state index is 4.45. The summed E-state index contributed by atoms with van der Waals surface area (Å²) in [6.45, 7) is 6.95. The van der Waals surface area contributed by atoms with Gasteiger partial charge in [0.2, 0.25) is 0 Å². The zero-order valence-electron chi connectivity index (χ0n) is 12.8. The largest absolute Gasteiger partial charge is 0.298 e. The van der Waals surface area contributed by atoms with Crippen LogP contribution in [0.5, 0.6) is 0 Å². The van der Waals surface area contributed by atoms with E-state index in [1.165, 1.54) is 37.4 Å². The van der Waals surface area contributed by atoms with Crippen molar-refractivity contribution in [3.8, 4) is 0 Å². The van der Waals surface area contributed by atoms with Crippen LogP contribution in [0.1, 0.15) is 11.3 Å². The van der Waals surface area contributed by atoms with Crippen molar-refractivity contribution in [3.05, 3.63) is 60.2 Å². The number of aromatic nitrogens is 2. The Kier molecular flexibility index (Phi) is 3.87. The molecule has 2 aromatic heterocycles. The quantitative estimate of drug-likeness (QED) is 0.864. The molecule has 2 atom stereocenters. The highest BCUT2D eigenvalue weighted by molar-refractivity contribution is 5.10. The van der Waals surface area contributed by atoms with Gasteiger partial charge >= 0.3 is 0 Å². The SMILES string of the molecule is c1ccc(CN2C[C@H]3CN(Cc4ccncc4)C[C@@H]3C2)nc1. The molecule has 4 heteroatoms. The van der Waals surface area contributed by atoms with Gasteiger partial charge in [0.05, 0.1) is 5.69 Å². The maximum Gasteiger partial charge on any atom is 0.0543 e. The fourth-order valence-corrected chi connectivity index (χ4v) is 3.91. The Hall–Kier alpha value is -1.78. The first-order valence-electron chi connectivity index (χ1n) is 8.10. The molecule has 0 radical (unpaired) electrons. The van der Waals surface area contributed by atoms with Crippen LogP contribution in [-0.2, 0) is 13.1 Å². The molecular formula is C18H22N4. The summed E-state index contributed by atoms with van der Waals surface area (Å²) >= 11 is 0. The van der Waals surface area contributed by atoms with Crippen LogP contribution in [0.4, 0.5) is 0 Å². The minimum absolute atomic E-state index is 0.825. The van der Waals surface area contributed by atoms with Crippen molar-refractivity contribution in [2.75, 3.05) is 26.2 Å². The molecule has 22 heavy (non-hydrogen) atoms. The molecule has 0 aromatic carbocycles. The van der Waals surface area contributed by atoms with E-state index < -0.39 is 0 Å². The topological polar surface area (TPSA) is 32.3 Å². The molecule has 0 bridgehead atoms. The average Bonchev–Trinajstić information content (AvgIpc) is 3.07. The molecule has 2 aliphatic rings. The standard InChI is InChI=1S/C18H22N4/c1-2-6-20-18(3-1)14-22-12-16-10-21(11-17(16)13-22)9-15-4-7-19-8-5-15/h1-8,16-17H,9-14H2/t16-,17-/m1/s1. The molecule has 2 aliphatic heterocycles. The summed E-state index contributed by atoms with van der Waals surface area (Å²) in [5.41, 5.74) is 2.57. The predicted octanol–water partition coefficient (Wildman–Crippen LogP) is 2.04. The third-order valence-electron chi connectivity index (χ3n) is 4.90. The van der Waals surface area contributed by atoms with Gasteiger partial charge in [-0.25, -0.2) is 0 Å². The number of nitrogens with zero attached hydrogens (tertiary/aromatic N) is 4. The van der Waals surface area contributed by atoms with Crippen LogP contribution in [0.25, 0.3) is 0 Å². The molecule has 0 aliphatic carbocycles. The molecule has 0 amide bonds. The summed E-state index contributed by atoms with van der Waals surface area (Å²) in [6, 6.07) is 10.4. The van der Waals surface area contributed by atoms with E-state index in [2.05, 4.69) is 44.0 Å². The lowest BCUT2D eigenvalue weighted by Crippen LogP contribution is -2.28. The van der Waals surface area contributed by atoms with Gasteiger partial charge in [0, 0.05) is 57.9 Å². The van der Waals surface area contributed by atoms with E-state index in [-0.39, 0.29) is 0 Å². The van der Waals surface area contributed by atoms with Crippen LogP contribution in [-0.4, -0.2) is 45.9 Å². The summed E-state index contributed by atoms with van der Waals surface area (Å²) in [5, 5.41) is 0. The second-order valence-corrected chi connectivity index (χ2v) is 6.58. The molecule has 0 saturated carbocycles. The Morgan fingerprint density at radius 1 is 0.818 bits per heavy atom. The number of likely N-dealkylation sites (tertiary alicyclic amines) is 2. The van der Waals surface area contributed by atoms with Gasteiger partial charge in [-0.2, -0.15) is 0 Å². The van der Waals surface area contributed by atoms with Gasteiger partial charge < -0.3 is 0 Å². The molecule has 2 aromatic rings. The minimum Gasteiger partial charge on any atom is -0.298 e. The van der Waals surface area contributed by atoms with Crippen molar-refractivity contribution < 1.29 is 0 Å². The minimum atomic E-state index is 0.825. The Labute approximate surface area is 131 Å². The van der Waals surface area contributed by atoms with E-state index in [1.807, 2.05) is 24.7 Å². The summed E-state index contributed by atoms with van der Waals surface area (Å²) in [7, 11) is 0. The molecule has 4 nitrogen and oxygen atoms in total. The highest BCUT2D eigenvalue weighted by Crippen LogP contribution is 2.32. The Bertz CT molecular complexity index is 533. The smallest absolute Gasteiger partial charge is 0.0543 e. The average molecular weight is 294 g/mol.